The van der Waals surface area contributed by atoms with Crippen LogP contribution in [0.25, 0.3) is 11.1 Å². The van der Waals surface area contributed by atoms with Crippen molar-refractivity contribution in [3.8, 4) is 0 Å². The van der Waals surface area contributed by atoms with Crippen molar-refractivity contribution in [1.82, 2.24) is 14.9 Å². The number of fused-ring (bicyclic) bond motifs is 1. The number of nitrogens with one attached hydrogen (secondary N) is 1. The Labute approximate surface area is 163 Å². The molecule has 148 valence electrons. The Balaban J connectivity index is 1.86. The van der Waals surface area contributed by atoms with Gasteiger partial charge in [-0.05, 0) is 45.9 Å². The van der Waals surface area contributed by atoms with Crippen LogP contribution in [0.3, 0.4) is 0 Å². The number of carbonyl (C=O) groups is 1. The highest BCUT2D eigenvalue weighted by molar-refractivity contribution is 6.03. The molecule has 7 heteroatoms. The smallest absolute Gasteiger partial charge is 0.342 e. The fourth-order valence-corrected chi connectivity index (χ4v) is 3.31. The number of furan rings is 1. The van der Waals surface area contributed by atoms with Gasteiger partial charge < -0.3 is 14.1 Å². The van der Waals surface area contributed by atoms with Gasteiger partial charge in [0, 0.05) is 6.54 Å². The summed E-state index contributed by atoms with van der Waals surface area (Å²) in [4.78, 5) is 34.0. The standard InChI is InChI=1S/C21H25N3O4/c1-6-27-21(26)17-14(4)28-20-18(17)19(25)22-16(23-20)11-24(5)10-15-8-7-12(2)9-13(15)3/h7-9H,6,10-11H2,1-5H3,(H,22,23,25). The molecular weight excluding hydrogens is 358 g/mol. The highest BCUT2D eigenvalue weighted by atomic mass is 16.5. The first-order valence-electron chi connectivity index (χ1n) is 9.24. The number of aromatic nitrogens is 2. The summed E-state index contributed by atoms with van der Waals surface area (Å²) >= 11 is 0. The third-order valence-electron chi connectivity index (χ3n) is 4.62. The molecule has 0 spiro atoms. The molecule has 7 nitrogen and oxygen atoms in total. The van der Waals surface area contributed by atoms with Crippen LogP contribution in [-0.2, 0) is 17.8 Å². The minimum absolute atomic E-state index is 0.136. The highest BCUT2D eigenvalue weighted by Crippen LogP contribution is 2.22. The van der Waals surface area contributed by atoms with Crippen molar-refractivity contribution in [1.29, 1.82) is 0 Å². The van der Waals surface area contributed by atoms with Gasteiger partial charge in [0.25, 0.3) is 5.56 Å². The second-order valence-corrected chi connectivity index (χ2v) is 7.05. The first kappa shape index (κ1) is 19.8. The predicted molar refractivity (Wildman–Crippen MR) is 106 cm³/mol. The first-order chi connectivity index (χ1) is 13.3. The van der Waals surface area contributed by atoms with Crippen LogP contribution >= 0.6 is 0 Å². The lowest BCUT2D eigenvalue weighted by molar-refractivity contribution is 0.0526. The van der Waals surface area contributed by atoms with Crippen LogP contribution in [-0.4, -0.2) is 34.5 Å². The normalized spacial score (nSPS) is 11.4. The molecule has 3 rings (SSSR count). The van der Waals surface area contributed by atoms with Gasteiger partial charge in [0.1, 0.15) is 22.5 Å². The van der Waals surface area contributed by atoms with Crippen molar-refractivity contribution >= 4 is 17.1 Å². The zero-order valence-electron chi connectivity index (χ0n) is 16.9. The Morgan fingerprint density at radius 2 is 2.00 bits per heavy atom. The molecule has 0 saturated heterocycles. The van der Waals surface area contributed by atoms with Gasteiger partial charge in [0.15, 0.2) is 0 Å². The average Bonchev–Trinajstić information content (AvgIpc) is 2.94. The predicted octanol–water partition coefficient (Wildman–Crippen LogP) is 3.25. The second-order valence-electron chi connectivity index (χ2n) is 7.05. The Kier molecular flexibility index (Phi) is 5.65. The van der Waals surface area contributed by atoms with Gasteiger partial charge in [-0.3, -0.25) is 9.69 Å². The molecule has 0 aliphatic carbocycles. The minimum Gasteiger partial charge on any atom is -0.462 e. The zero-order valence-corrected chi connectivity index (χ0v) is 16.9. The lowest BCUT2D eigenvalue weighted by atomic mass is 10.1. The largest absolute Gasteiger partial charge is 0.462 e. The summed E-state index contributed by atoms with van der Waals surface area (Å²) in [6.07, 6.45) is 0. The van der Waals surface area contributed by atoms with Crippen LogP contribution in [0.1, 0.15) is 45.6 Å². The average molecular weight is 383 g/mol. The van der Waals surface area contributed by atoms with E-state index in [-0.39, 0.29) is 23.3 Å². The summed E-state index contributed by atoms with van der Waals surface area (Å²) in [5.41, 5.74) is 3.56. The molecule has 0 radical (unpaired) electrons. The molecule has 1 N–H and O–H groups in total. The van der Waals surface area contributed by atoms with Crippen LogP contribution in [0.2, 0.25) is 0 Å². The summed E-state index contributed by atoms with van der Waals surface area (Å²) in [5, 5.41) is 0.136. The van der Waals surface area contributed by atoms with Crippen molar-refractivity contribution in [2.24, 2.45) is 0 Å². The quantitative estimate of drug-likeness (QED) is 0.658. The van der Waals surface area contributed by atoms with Crippen molar-refractivity contribution in [2.75, 3.05) is 13.7 Å². The lowest BCUT2D eigenvalue weighted by Crippen LogP contribution is -2.22. The van der Waals surface area contributed by atoms with Gasteiger partial charge >= 0.3 is 5.97 Å². The molecule has 3 aromatic rings. The van der Waals surface area contributed by atoms with Gasteiger partial charge in [0.05, 0.1) is 13.2 Å². The molecule has 2 heterocycles. The molecule has 0 aliphatic heterocycles. The molecule has 28 heavy (non-hydrogen) atoms. The summed E-state index contributed by atoms with van der Waals surface area (Å²) in [6, 6.07) is 6.35. The number of esters is 1. The number of carbonyl (C=O) groups excluding carboxylic acids is 1. The Morgan fingerprint density at radius 1 is 1.25 bits per heavy atom. The highest BCUT2D eigenvalue weighted by Gasteiger charge is 2.23. The molecule has 0 unspecified atom stereocenters. The van der Waals surface area contributed by atoms with E-state index in [0.29, 0.717) is 18.1 Å². The number of nitrogens with zero attached hydrogens (tertiary/aromatic N) is 2. The first-order valence-corrected chi connectivity index (χ1v) is 9.24. The van der Waals surface area contributed by atoms with E-state index >= 15 is 0 Å². The van der Waals surface area contributed by atoms with Gasteiger partial charge in [-0.25, -0.2) is 4.79 Å². The number of hydrogen-bond acceptors (Lipinski definition) is 6. The van der Waals surface area contributed by atoms with E-state index in [9.17, 15) is 9.59 Å². The van der Waals surface area contributed by atoms with Crippen molar-refractivity contribution in [3.63, 3.8) is 0 Å². The van der Waals surface area contributed by atoms with E-state index in [1.807, 2.05) is 7.05 Å². The summed E-state index contributed by atoms with van der Waals surface area (Å²) in [5.74, 6) is 0.229. The van der Waals surface area contributed by atoms with Crippen LogP contribution in [0.4, 0.5) is 0 Å². The third kappa shape index (κ3) is 3.99. The van der Waals surface area contributed by atoms with E-state index in [1.54, 1.807) is 13.8 Å². The fraction of sp³-hybridized carbons (Fsp3) is 0.381. The molecular formula is C21H25N3O4. The van der Waals surface area contributed by atoms with Gasteiger partial charge in [-0.15, -0.1) is 0 Å². The summed E-state index contributed by atoms with van der Waals surface area (Å²) < 4.78 is 10.6. The van der Waals surface area contributed by atoms with Crippen molar-refractivity contribution in [2.45, 2.75) is 40.8 Å². The van der Waals surface area contributed by atoms with Crippen LogP contribution < -0.4 is 5.56 Å². The number of H-pyrrole nitrogens is 1. The van der Waals surface area contributed by atoms with Crippen molar-refractivity contribution < 1.29 is 13.9 Å². The zero-order chi connectivity index (χ0) is 20.4. The van der Waals surface area contributed by atoms with Gasteiger partial charge in [-0.2, -0.15) is 4.98 Å². The monoisotopic (exact) mass is 383 g/mol. The van der Waals surface area contributed by atoms with Crippen molar-refractivity contribution in [3.05, 3.63) is 62.4 Å². The number of ether oxygens (including phenoxy) is 1. The van der Waals surface area contributed by atoms with E-state index in [0.717, 1.165) is 6.54 Å². The minimum atomic E-state index is -0.578. The molecule has 0 amide bonds. The van der Waals surface area contributed by atoms with E-state index in [1.165, 1.54) is 16.7 Å². The summed E-state index contributed by atoms with van der Waals surface area (Å²) in [7, 11) is 1.96. The molecule has 1 aromatic carbocycles. The molecule has 0 fully saturated rings. The number of rotatable bonds is 6. The maximum absolute atomic E-state index is 12.6. The SMILES string of the molecule is CCOC(=O)c1c(C)oc2nc(CN(C)Cc3ccc(C)cc3C)[nH]c(=O)c12. The Bertz CT molecular complexity index is 1080. The number of hydrogen-bond donors (Lipinski definition) is 1. The number of benzene rings is 1. The maximum atomic E-state index is 12.6. The van der Waals surface area contributed by atoms with Crippen LogP contribution in [0.5, 0.6) is 0 Å². The topological polar surface area (TPSA) is 88.4 Å². The van der Waals surface area contributed by atoms with Gasteiger partial charge in [-0.1, -0.05) is 23.8 Å². The van der Waals surface area contributed by atoms with Crippen LogP contribution in [0, 0.1) is 20.8 Å². The third-order valence-corrected chi connectivity index (χ3v) is 4.62. The molecule has 0 saturated carbocycles. The molecule has 0 aliphatic rings. The summed E-state index contributed by atoms with van der Waals surface area (Å²) in [6.45, 7) is 8.87. The Hall–Kier alpha value is -2.93. The lowest BCUT2D eigenvalue weighted by Gasteiger charge is -2.17. The van der Waals surface area contributed by atoms with E-state index in [2.05, 4.69) is 46.9 Å². The van der Waals surface area contributed by atoms with Crippen LogP contribution in [0.15, 0.2) is 27.4 Å². The number of aromatic amines is 1. The number of aryl methyl sites for hydroxylation is 3. The molecule has 0 bridgehead atoms. The van der Waals surface area contributed by atoms with E-state index in [4.69, 9.17) is 9.15 Å². The van der Waals surface area contributed by atoms with E-state index < -0.39 is 11.5 Å². The second kappa shape index (κ2) is 7.98. The fourth-order valence-electron chi connectivity index (χ4n) is 3.31. The Morgan fingerprint density at radius 3 is 2.68 bits per heavy atom. The van der Waals surface area contributed by atoms with Gasteiger partial charge in [0.2, 0.25) is 5.71 Å². The maximum Gasteiger partial charge on any atom is 0.342 e. The molecule has 2 aromatic heterocycles. The molecule has 0 atom stereocenters.